The molecular formula is C23H29F3N2O7S. The number of methoxy groups -OCH3 is 2. The van der Waals surface area contributed by atoms with Gasteiger partial charge in [-0.05, 0) is 31.0 Å². The largest absolute Gasteiger partial charge is 0.496 e. The predicted molar refractivity (Wildman–Crippen MR) is 123 cm³/mol. The highest BCUT2D eigenvalue weighted by molar-refractivity contribution is 8.00. The van der Waals surface area contributed by atoms with E-state index in [1.807, 2.05) is 18.2 Å². The van der Waals surface area contributed by atoms with Crippen LogP contribution in [-0.2, 0) is 23.9 Å². The first-order valence-electron chi connectivity index (χ1n) is 11.0. The molecule has 0 radical (unpaired) electrons. The molecule has 13 heteroatoms. The third kappa shape index (κ3) is 5.61. The Labute approximate surface area is 210 Å². The maximum Gasteiger partial charge on any atom is 0.490 e. The van der Waals surface area contributed by atoms with Crippen molar-refractivity contribution in [3.63, 3.8) is 0 Å². The van der Waals surface area contributed by atoms with Crippen molar-refractivity contribution in [2.24, 2.45) is 11.8 Å². The minimum Gasteiger partial charge on any atom is -0.496 e. The number of esters is 1. The first-order valence-corrected chi connectivity index (χ1v) is 11.8. The van der Waals surface area contributed by atoms with Gasteiger partial charge in [0.25, 0.3) is 0 Å². The van der Waals surface area contributed by atoms with Gasteiger partial charge in [-0.2, -0.15) is 13.2 Å². The molecule has 0 saturated carbocycles. The zero-order valence-electron chi connectivity index (χ0n) is 20.6. The van der Waals surface area contributed by atoms with Gasteiger partial charge in [0, 0.05) is 23.2 Å². The number of fused-ring (bicyclic) bond motifs is 1. The van der Waals surface area contributed by atoms with E-state index in [2.05, 4.69) is 19.2 Å². The lowest BCUT2D eigenvalue weighted by molar-refractivity contribution is -0.192. The van der Waals surface area contributed by atoms with Crippen LogP contribution in [0.25, 0.3) is 0 Å². The fraction of sp³-hybridized carbons (Fsp3) is 0.565. The van der Waals surface area contributed by atoms with Crippen LogP contribution in [0, 0.1) is 11.8 Å². The predicted octanol–water partition coefficient (Wildman–Crippen LogP) is 3.03. The second-order valence-corrected chi connectivity index (χ2v) is 10.1. The van der Waals surface area contributed by atoms with Crippen molar-refractivity contribution >= 4 is 35.5 Å². The molecule has 2 heterocycles. The second kappa shape index (κ2) is 11.1. The molecule has 1 aromatic carbocycles. The van der Waals surface area contributed by atoms with E-state index in [0.717, 1.165) is 21.8 Å². The van der Waals surface area contributed by atoms with Crippen molar-refractivity contribution in [1.29, 1.82) is 0 Å². The highest BCUT2D eigenvalue weighted by Gasteiger charge is 2.66. The van der Waals surface area contributed by atoms with E-state index in [1.54, 1.807) is 25.8 Å². The number of carboxylic acid groups (broad SMARTS) is 1. The van der Waals surface area contributed by atoms with E-state index in [-0.39, 0.29) is 11.8 Å². The number of carboxylic acids is 1. The standard InChI is InChI=1S/C21H28N2O5S.C2HF3O2/c1-7-11(2)29-14-9-8-12(10-13(14)27-5)17-15-16(19(25)23(4)18(15)24)21(3,22-17)20(26)28-6;3-2(4,5)1(6)7/h8-11,15-17,22H,7H2,1-6H3;(H,6,7)/t11?,15-,16-,17-,21-;/m1./s1. The number of ether oxygens (including phenoxy) is 2. The van der Waals surface area contributed by atoms with Gasteiger partial charge < -0.3 is 14.6 Å². The van der Waals surface area contributed by atoms with Crippen LogP contribution in [0.15, 0.2) is 23.1 Å². The summed E-state index contributed by atoms with van der Waals surface area (Å²) in [6, 6.07) is 5.29. The summed E-state index contributed by atoms with van der Waals surface area (Å²) in [7, 11) is 4.36. The van der Waals surface area contributed by atoms with Crippen LogP contribution in [0.4, 0.5) is 13.2 Å². The molecule has 3 rings (SSSR count). The first kappa shape index (κ1) is 29.4. The molecule has 1 aromatic rings. The Morgan fingerprint density at radius 2 is 1.83 bits per heavy atom. The molecular weight excluding hydrogens is 505 g/mol. The SMILES string of the molecule is CCC(C)Sc1ccc([C@H]2N[C@@](C)(C(=O)OC)[C@H]3C(=O)N(C)C(=O)[C@@H]23)cc1OC.O=C(O)C(F)(F)F. The number of aliphatic carboxylic acids is 1. The van der Waals surface area contributed by atoms with Crippen molar-refractivity contribution in [2.75, 3.05) is 21.3 Å². The van der Waals surface area contributed by atoms with Crippen LogP contribution >= 0.6 is 11.8 Å². The summed E-state index contributed by atoms with van der Waals surface area (Å²) in [5.41, 5.74) is -0.478. The zero-order valence-corrected chi connectivity index (χ0v) is 21.5. The lowest BCUT2D eigenvalue weighted by Crippen LogP contribution is -2.53. The highest BCUT2D eigenvalue weighted by Crippen LogP contribution is 2.49. The topological polar surface area (TPSA) is 122 Å². The number of likely N-dealkylation sites (tertiary alicyclic amines) is 1. The summed E-state index contributed by atoms with van der Waals surface area (Å²) >= 11 is 1.73. The summed E-state index contributed by atoms with van der Waals surface area (Å²) in [5, 5.41) is 10.8. The summed E-state index contributed by atoms with van der Waals surface area (Å²) in [4.78, 5) is 49.2. The van der Waals surface area contributed by atoms with Gasteiger partial charge in [0.1, 0.15) is 11.3 Å². The Morgan fingerprint density at radius 1 is 1.25 bits per heavy atom. The highest BCUT2D eigenvalue weighted by atomic mass is 32.2. The number of rotatable bonds is 6. The quantitative estimate of drug-likeness (QED) is 0.322. The summed E-state index contributed by atoms with van der Waals surface area (Å²) in [6.07, 6.45) is -4.05. The number of halogens is 3. The number of hydrogen-bond donors (Lipinski definition) is 2. The Balaban J connectivity index is 0.000000572. The number of carbonyl (C=O) groups is 4. The number of imide groups is 1. The number of thioether (sulfide) groups is 1. The molecule has 200 valence electrons. The molecule has 2 saturated heterocycles. The van der Waals surface area contributed by atoms with Gasteiger partial charge in [0.2, 0.25) is 11.8 Å². The Kier molecular flexibility index (Phi) is 9.05. The molecule has 0 aromatic heterocycles. The number of hydrogen-bond acceptors (Lipinski definition) is 8. The third-order valence-electron chi connectivity index (χ3n) is 6.31. The van der Waals surface area contributed by atoms with Crippen LogP contribution in [0.3, 0.4) is 0 Å². The molecule has 1 unspecified atom stereocenters. The van der Waals surface area contributed by atoms with E-state index in [1.165, 1.54) is 14.2 Å². The maximum atomic E-state index is 12.9. The smallest absolute Gasteiger partial charge is 0.490 e. The van der Waals surface area contributed by atoms with Gasteiger partial charge in [-0.25, -0.2) is 4.79 Å². The number of nitrogens with one attached hydrogen (secondary N) is 1. The van der Waals surface area contributed by atoms with E-state index in [4.69, 9.17) is 19.4 Å². The zero-order chi connectivity index (χ0) is 27.6. The molecule has 2 aliphatic rings. The molecule has 0 spiro atoms. The lowest BCUT2D eigenvalue weighted by Gasteiger charge is -2.28. The van der Waals surface area contributed by atoms with E-state index in [9.17, 15) is 27.6 Å². The molecule has 2 N–H and O–H groups in total. The minimum absolute atomic E-state index is 0.290. The molecule has 2 fully saturated rings. The lowest BCUT2D eigenvalue weighted by atomic mass is 9.80. The van der Waals surface area contributed by atoms with Crippen molar-refractivity contribution in [1.82, 2.24) is 10.2 Å². The average molecular weight is 535 g/mol. The van der Waals surface area contributed by atoms with Crippen molar-refractivity contribution in [2.45, 2.75) is 55.1 Å². The van der Waals surface area contributed by atoms with Crippen molar-refractivity contribution in [3.05, 3.63) is 23.8 Å². The third-order valence-corrected chi connectivity index (χ3v) is 7.64. The van der Waals surface area contributed by atoms with Crippen LogP contribution in [0.5, 0.6) is 5.75 Å². The van der Waals surface area contributed by atoms with Gasteiger partial charge in [0.15, 0.2) is 0 Å². The number of carbonyl (C=O) groups excluding carboxylic acids is 3. The van der Waals surface area contributed by atoms with Gasteiger partial charge >= 0.3 is 18.1 Å². The maximum absolute atomic E-state index is 12.9. The van der Waals surface area contributed by atoms with Gasteiger partial charge in [-0.1, -0.05) is 19.9 Å². The fourth-order valence-corrected chi connectivity index (χ4v) is 5.25. The molecule has 2 amide bonds. The van der Waals surface area contributed by atoms with Gasteiger partial charge in [0.05, 0.1) is 26.1 Å². The summed E-state index contributed by atoms with van der Waals surface area (Å²) < 4.78 is 42.3. The molecule has 2 aliphatic heterocycles. The number of alkyl halides is 3. The summed E-state index contributed by atoms with van der Waals surface area (Å²) in [6.45, 7) is 5.92. The van der Waals surface area contributed by atoms with Crippen LogP contribution in [0.2, 0.25) is 0 Å². The number of nitrogens with zero attached hydrogens (tertiary/aromatic N) is 1. The number of amides is 2. The van der Waals surface area contributed by atoms with Gasteiger partial charge in [-0.15, -0.1) is 11.8 Å². The first-order chi connectivity index (χ1) is 16.6. The van der Waals surface area contributed by atoms with Crippen molar-refractivity contribution < 1.29 is 46.9 Å². The fourth-order valence-electron chi connectivity index (χ4n) is 4.24. The molecule has 0 aliphatic carbocycles. The van der Waals surface area contributed by atoms with Gasteiger partial charge in [-0.3, -0.25) is 24.6 Å². The van der Waals surface area contributed by atoms with E-state index >= 15 is 0 Å². The Morgan fingerprint density at radius 3 is 2.31 bits per heavy atom. The van der Waals surface area contributed by atoms with E-state index < -0.39 is 41.5 Å². The van der Waals surface area contributed by atoms with E-state index in [0.29, 0.717) is 11.0 Å². The normalized spacial score (nSPS) is 26.1. The molecule has 0 bridgehead atoms. The minimum atomic E-state index is -5.08. The van der Waals surface area contributed by atoms with Crippen molar-refractivity contribution in [3.8, 4) is 5.75 Å². The van der Waals surface area contributed by atoms with Crippen LogP contribution in [-0.4, -0.2) is 72.0 Å². The van der Waals surface area contributed by atoms with Crippen LogP contribution < -0.4 is 10.1 Å². The number of benzene rings is 1. The Bertz CT molecular complexity index is 1040. The molecule has 5 atom stereocenters. The molecule has 9 nitrogen and oxygen atoms in total. The van der Waals surface area contributed by atoms with Crippen LogP contribution in [0.1, 0.15) is 38.8 Å². The second-order valence-electron chi connectivity index (χ2n) is 8.60. The molecule has 36 heavy (non-hydrogen) atoms. The Hall–Kier alpha value is -2.80. The monoisotopic (exact) mass is 534 g/mol. The summed E-state index contributed by atoms with van der Waals surface area (Å²) in [5.74, 6) is -4.73. The average Bonchev–Trinajstić information content (AvgIpc) is 3.27.